The number of ether oxygens (including phenoxy) is 1. The average Bonchev–Trinajstić information content (AvgIpc) is 3.73. The third-order valence-electron chi connectivity index (χ3n) is 7.51. The van der Waals surface area contributed by atoms with Gasteiger partial charge in [0.15, 0.2) is 0 Å². The second kappa shape index (κ2) is 10.2. The fraction of sp³-hybridized carbons (Fsp3) is 0.357. The summed E-state index contributed by atoms with van der Waals surface area (Å²) in [6.45, 7) is 0.563. The zero-order valence-electron chi connectivity index (χ0n) is 21.1. The molecule has 0 bridgehead atoms. The molecular formula is C28H24F3N4O5. The zero-order valence-corrected chi connectivity index (χ0v) is 21.1. The van der Waals surface area contributed by atoms with Crippen LogP contribution < -0.4 is 10.1 Å². The molecule has 1 aliphatic carbocycles. The topological polar surface area (TPSA) is 124 Å². The van der Waals surface area contributed by atoms with Gasteiger partial charge in [-0.25, -0.2) is 0 Å². The van der Waals surface area contributed by atoms with Crippen LogP contribution in [0.3, 0.4) is 0 Å². The van der Waals surface area contributed by atoms with Crippen molar-refractivity contribution in [3.63, 3.8) is 0 Å². The molecule has 4 aromatic rings. The van der Waals surface area contributed by atoms with Gasteiger partial charge in [0.1, 0.15) is 29.7 Å². The number of benzene rings is 2. The van der Waals surface area contributed by atoms with Crippen LogP contribution in [0.2, 0.25) is 0 Å². The summed E-state index contributed by atoms with van der Waals surface area (Å²) in [4.78, 5) is 15.7. The number of aliphatic hydroxyl groups is 1. The molecule has 0 unspecified atom stereocenters. The highest BCUT2D eigenvalue weighted by Crippen LogP contribution is 2.43. The second-order valence-electron chi connectivity index (χ2n) is 10.1. The van der Waals surface area contributed by atoms with E-state index in [1.54, 1.807) is 36.4 Å². The quantitative estimate of drug-likeness (QED) is 0.321. The Balaban J connectivity index is 1.23. The summed E-state index contributed by atoms with van der Waals surface area (Å²) in [5, 5.41) is 21.7. The number of aliphatic hydroxyl groups excluding tert-OH is 1. The van der Waals surface area contributed by atoms with E-state index in [9.17, 15) is 23.1 Å². The Kier molecular flexibility index (Phi) is 6.67. The van der Waals surface area contributed by atoms with Gasteiger partial charge in [-0.15, -0.1) is 0 Å². The minimum Gasteiger partial charge on any atom is -0.491 e. The number of halogens is 3. The molecule has 1 saturated carbocycles. The van der Waals surface area contributed by atoms with Gasteiger partial charge in [0, 0.05) is 28.7 Å². The highest BCUT2D eigenvalue weighted by atomic mass is 19.4. The monoisotopic (exact) mass is 553 g/mol. The molecule has 2 aliphatic rings. The fourth-order valence-corrected chi connectivity index (χ4v) is 5.32. The van der Waals surface area contributed by atoms with Gasteiger partial charge in [-0.3, -0.25) is 4.79 Å². The van der Waals surface area contributed by atoms with Crippen LogP contribution in [0.25, 0.3) is 34.3 Å². The molecule has 0 saturated heterocycles. The van der Waals surface area contributed by atoms with Crippen LogP contribution in [0, 0.1) is 5.41 Å². The number of rotatable bonds is 7. The van der Waals surface area contributed by atoms with E-state index in [1.807, 2.05) is 0 Å². The largest absolute Gasteiger partial charge is 0.491 e. The predicted molar refractivity (Wildman–Crippen MR) is 135 cm³/mol. The van der Waals surface area contributed by atoms with Crippen molar-refractivity contribution in [3.8, 4) is 40.0 Å². The highest BCUT2D eigenvalue weighted by Gasteiger charge is 2.43. The first kappa shape index (κ1) is 26.2. The average molecular weight is 554 g/mol. The lowest BCUT2D eigenvalue weighted by Gasteiger charge is -2.33. The first-order chi connectivity index (χ1) is 19.3. The molecule has 1 fully saturated rings. The molecule has 9 nitrogen and oxygen atoms in total. The Morgan fingerprint density at radius 1 is 1.05 bits per heavy atom. The Morgan fingerprint density at radius 2 is 1.82 bits per heavy atom. The lowest BCUT2D eigenvalue weighted by atomic mass is 9.87. The normalized spacial score (nSPS) is 20.2. The van der Waals surface area contributed by atoms with Crippen molar-refractivity contribution in [1.29, 1.82) is 0 Å². The fourth-order valence-electron chi connectivity index (χ4n) is 5.32. The first-order valence-corrected chi connectivity index (χ1v) is 12.8. The van der Waals surface area contributed by atoms with E-state index in [0.29, 0.717) is 23.4 Å². The van der Waals surface area contributed by atoms with Gasteiger partial charge in [-0.05, 0) is 18.9 Å². The number of aromatic nitrogens is 3. The SMILES string of the molecule is O=[C]C1(CN[C@@H]2COc3cc(-c4noc(-c5onc(-c6ccccc6)c5C(F)(F)F)n4)ccc3[C@@H]2O)CCCC1. The number of nitrogens with zero attached hydrogens (tertiary/aromatic N) is 3. The summed E-state index contributed by atoms with van der Waals surface area (Å²) in [5.74, 6) is -0.774. The van der Waals surface area contributed by atoms with Gasteiger partial charge in [0.2, 0.25) is 17.9 Å². The molecule has 12 heteroatoms. The van der Waals surface area contributed by atoms with Crippen LogP contribution in [0.15, 0.2) is 57.6 Å². The molecule has 0 spiro atoms. The van der Waals surface area contributed by atoms with E-state index in [2.05, 4.69) is 26.9 Å². The maximum atomic E-state index is 14.0. The zero-order chi connectivity index (χ0) is 27.9. The standard InChI is InChI=1S/C28H24F3N4O5/c29-28(30,31)21-22(16-6-2-1-3-7-16)34-39-24(21)26-33-25(35-40-26)17-8-9-18-20(12-17)38-13-19(23(18)37)32-14-27(15-36)10-4-5-11-27/h1-3,6-9,12,19,23,32,37H,4-5,10-11,13-14H2/t19-,23+/m1/s1. The smallest absolute Gasteiger partial charge is 0.422 e. The van der Waals surface area contributed by atoms with E-state index in [4.69, 9.17) is 13.8 Å². The minimum absolute atomic E-state index is 0.00613. The Labute approximate surface area is 226 Å². The molecule has 2 atom stereocenters. The second-order valence-corrected chi connectivity index (χ2v) is 10.1. The summed E-state index contributed by atoms with van der Waals surface area (Å²) in [7, 11) is 0. The van der Waals surface area contributed by atoms with Crippen molar-refractivity contribution in [2.24, 2.45) is 5.41 Å². The summed E-state index contributed by atoms with van der Waals surface area (Å²) in [5.41, 5.74) is -0.871. The molecule has 207 valence electrons. The number of carbonyl (C=O) groups excluding carboxylic acids is 1. The molecule has 40 heavy (non-hydrogen) atoms. The lowest BCUT2D eigenvalue weighted by Crippen LogP contribution is -2.47. The van der Waals surface area contributed by atoms with Crippen molar-refractivity contribution in [2.75, 3.05) is 13.2 Å². The van der Waals surface area contributed by atoms with Crippen molar-refractivity contribution in [1.82, 2.24) is 20.6 Å². The van der Waals surface area contributed by atoms with E-state index in [0.717, 1.165) is 25.7 Å². The van der Waals surface area contributed by atoms with E-state index in [1.165, 1.54) is 12.1 Å². The van der Waals surface area contributed by atoms with Crippen LogP contribution in [-0.4, -0.2) is 45.9 Å². The number of fused-ring (bicyclic) bond motifs is 1. The van der Waals surface area contributed by atoms with E-state index in [-0.39, 0.29) is 23.7 Å². The van der Waals surface area contributed by atoms with Gasteiger partial charge >= 0.3 is 6.18 Å². The van der Waals surface area contributed by atoms with Crippen LogP contribution in [0.1, 0.15) is 42.9 Å². The van der Waals surface area contributed by atoms with Crippen LogP contribution >= 0.6 is 0 Å². The molecule has 1 aliphatic heterocycles. The molecular weight excluding hydrogens is 529 g/mol. The Hall–Kier alpha value is -4.03. The Morgan fingerprint density at radius 3 is 2.55 bits per heavy atom. The molecule has 2 N–H and O–H groups in total. The van der Waals surface area contributed by atoms with Crippen molar-refractivity contribution < 1.29 is 36.9 Å². The maximum Gasteiger partial charge on any atom is 0.422 e. The van der Waals surface area contributed by atoms with E-state index >= 15 is 0 Å². The van der Waals surface area contributed by atoms with Gasteiger partial charge in [-0.2, -0.15) is 18.2 Å². The third-order valence-corrected chi connectivity index (χ3v) is 7.51. The number of hydrogen-bond donors (Lipinski definition) is 2. The van der Waals surface area contributed by atoms with Crippen LogP contribution in [0.5, 0.6) is 5.75 Å². The summed E-state index contributed by atoms with van der Waals surface area (Å²) >= 11 is 0. The number of alkyl halides is 3. The molecule has 2 aromatic heterocycles. The van der Waals surface area contributed by atoms with Gasteiger partial charge < -0.3 is 24.2 Å². The molecule has 3 heterocycles. The van der Waals surface area contributed by atoms with Crippen LogP contribution in [0.4, 0.5) is 13.2 Å². The van der Waals surface area contributed by atoms with Crippen LogP contribution in [-0.2, 0) is 11.0 Å². The maximum absolute atomic E-state index is 14.0. The van der Waals surface area contributed by atoms with E-state index < -0.39 is 41.0 Å². The third kappa shape index (κ3) is 4.77. The van der Waals surface area contributed by atoms with Crippen molar-refractivity contribution in [3.05, 3.63) is 59.7 Å². The van der Waals surface area contributed by atoms with Gasteiger partial charge in [0.05, 0.1) is 6.04 Å². The molecule has 6 rings (SSSR count). The molecule has 2 aromatic carbocycles. The van der Waals surface area contributed by atoms with Gasteiger partial charge in [-0.1, -0.05) is 65.6 Å². The molecule has 0 amide bonds. The number of nitrogens with one attached hydrogen (secondary N) is 1. The highest BCUT2D eigenvalue weighted by molar-refractivity contribution is 5.71. The first-order valence-electron chi connectivity index (χ1n) is 12.8. The summed E-state index contributed by atoms with van der Waals surface area (Å²) in [6, 6.07) is 12.3. The van der Waals surface area contributed by atoms with Crippen molar-refractivity contribution >= 4 is 6.29 Å². The Bertz CT molecular complexity index is 1510. The summed E-state index contributed by atoms with van der Waals surface area (Å²) < 4.78 is 58.2. The lowest BCUT2D eigenvalue weighted by molar-refractivity contribution is -0.137. The van der Waals surface area contributed by atoms with Gasteiger partial charge in [0.25, 0.3) is 5.89 Å². The minimum atomic E-state index is -4.79. The molecule has 1 radical (unpaired) electrons. The number of hydrogen-bond acceptors (Lipinski definition) is 9. The predicted octanol–water partition coefficient (Wildman–Crippen LogP) is 5.13. The van der Waals surface area contributed by atoms with Crippen molar-refractivity contribution in [2.45, 2.75) is 44.0 Å². The summed E-state index contributed by atoms with van der Waals surface area (Å²) in [6.07, 6.45) is -0.0172.